The molecule has 0 atom stereocenters. The van der Waals surface area contributed by atoms with E-state index >= 15 is 0 Å². The van der Waals surface area contributed by atoms with Crippen LogP contribution in [0.2, 0.25) is 5.28 Å². The highest BCUT2D eigenvalue weighted by molar-refractivity contribution is 6.28. The van der Waals surface area contributed by atoms with Crippen LogP contribution in [0.1, 0.15) is 22.3 Å². The summed E-state index contributed by atoms with van der Waals surface area (Å²) < 4.78 is 6.28. The maximum Gasteiger partial charge on any atom is 0.226 e. The molecule has 0 bridgehead atoms. The molecule has 10 rings (SSSR count). The minimum absolute atomic E-state index is 0.139. The molecule has 0 radical (unpaired) electrons. The number of halogens is 1. The van der Waals surface area contributed by atoms with E-state index in [1.54, 1.807) is 0 Å². The van der Waals surface area contributed by atoms with Crippen molar-refractivity contribution in [3.8, 4) is 45.0 Å². The molecule has 0 aliphatic heterocycles. The lowest BCUT2D eigenvalue weighted by molar-refractivity contribution is 0.669. The fourth-order valence-electron chi connectivity index (χ4n) is 8.01. The largest absolute Gasteiger partial charge is 0.456 e. The molecule has 5 heteroatoms. The van der Waals surface area contributed by atoms with E-state index in [0.29, 0.717) is 11.6 Å². The van der Waals surface area contributed by atoms with Gasteiger partial charge in [-0.15, -0.1) is 0 Å². The zero-order valence-electron chi connectivity index (χ0n) is 27.3. The van der Waals surface area contributed by atoms with E-state index in [0.717, 1.165) is 44.2 Å². The summed E-state index contributed by atoms with van der Waals surface area (Å²) >= 11 is 6.62. The standard InChI is InChI=1S/C46H28ClN3O/c47-45-49-43(48-44(50-45)31-24-27-40-37(28-31)42-34(18-11-21-41(42)51-40)29-12-3-1-4-13-29)30-22-25-33(26-23-30)46(32-14-5-2-6-15-32)38-19-9-7-16-35(38)36-17-8-10-20-39(36)46/h1-28H. The number of aromatic nitrogens is 3. The van der Waals surface area contributed by atoms with Crippen LogP contribution in [0.25, 0.3) is 67.0 Å². The third-order valence-corrected chi connectivity index (χ3v) is 10.4. The second-order valence-corrected chi connectivity index (χ2v) is 13.2. The Bertz CT molecular complexity index is 2710. The first-order valence-corrected chi connectivity index (χ1v) is 17.3. The van der Waals surface area contributed by atoms with Crippen molar-refractivity contribution in [2.45, 2.75) is 5.41 Å². The number of hydrogen-bond donors (Lipinski definition) is 0. The maximum absolute atomic E-state index is 6.62. The molecular formula is C46H28ClN3O. The second-order valence-electron chi connectivity index (χ2n) is 12.9. The molecule has 0 spiro atoms. The molecule has 2 heterocycles. The number of rotatable bonds is 5. The van der Waals surface area contributed by atoms with Crippen molar-refractivity contribution in [1.82, 2.24) is 15.0 Å². The zero-order valence-corrected chi connectivity index (χ0v) is 28.0. The van der Waals surface area contributed by atoms with E-state index in [9.17, 15) is 0 Å². The summed E-state index contributed by atoms with van der Waals surface area (Å²) in [6.45, 7) is 0. The molecule has 0 saturated heterocycles. The molecule has 51 heavy (non-hydrogen) atoms. The summed E-state index contributed by atoms with van der Waals surface area (Å²) in [5, 5.41) is 2.19. The molecule has 2 aromatic heterocycles. The Balaban J connectivity index is 1.09. The van der Waals surface area contributed by atoms with Crippen LogP contribution in [0.4, 0.5) is 0 Å². The first-order valence-electron chi connectivity index (χ1n) is 17.0. The lowest BCUT2D eigenvalue weighted by Gasteiger charge is -2.34. The summed E-state index contributed by atoms with van der Waals surface area (Å²) in [7, 11) is 0. The minimum Gasteiger partial charge on any atom is -0.456 e. The van der Waals surface area contributed by atoms with Gasteiger partial charge in [0.15, 0.2) is 11.6 Å². The molecule has 0 N–H and O–H groups in total. The first kappa shape index (κ1) is 29.5. The van der Waals surface area contributed by atoms with E-state index in [2.05, 4.69) is 149 Å². The number of fused-ring (bicyclic) bond motifs is 6. The van der Waals surface area contributed by atoms with Gasteiger partial charge in [-0.1, -0.05) is 146 Å². The van der Waals surface area contributed by atoms with Gasteiger partial charge in [0.2, 0.25) is 5.28 Å². The lowest BCUT2D eigenvalue weighted by atomic mass is 9.67. The van der Waals surface area contributed by atoms with Gasteiger partial charge in [0, 0.05) is 21.9 Å². The lowest BCUT2D eigenvalue weighted by Crippen LogP contribution is -2.28. The number of hydrogen-bond acceptors (Lipinski definition) is 4. The van der Waals surface area contributed by atoms with Crippen LogP contribution in [-0.4, -0.2) is 15.0 Å². The molecule has 4 nitrogen and oxygen atoms in total. The number of nitrogens with zero attached hydrogens (tertiary/aromatic N) is 3. The van der Waals surface area contributed by atoms with Crippen molar-refractivity contribution < 1.29 is 4.42 Å². The summed E-state index contributed by atoms with van der Waals surface area (Å²) in [6, 6.07) is 59.4. The van der Waals surface area contributed by atoms with Gasteiger partial charge in [-0.05, 0) is 80.4 Å². The average molecular weight is 674 g/mol. The highest BCUT2D eigenvalue weighted by Gasteiger charge is 2.45. The van der Waals surface area contributed by atoms with Crippen LogP contribution >= 0.6 is 11.6 Å². The molecule has 240 valence electrons. The van der Waals surface area contributed by atoms with E-state index < -0.39 is 5.41 Å². The van der Waals surface area contributed by atoms with Crippen molar-refractivity contribution in [2.24, 2.45) is 0 Å². The number of furan rings is 1. The van der Waals surface area contributed by atoms with Gasteiger partial charge in [-0.3, -0.25) is 0 Å². The second kappa shape index (κ2) is 11.6. The van der Waals surface area contributed by atoms with Crippen LogP contribution < -0.4 is 0 Å². The SMILES string of the molecule is Clc1nc(-c2ccc(C3(c4ccccc4)c4ccccc4-c4ccccc43)cc2)nc(-c2ccc3oc4cccc(-c5ccccc5)c4c3c2)n1. The van der Waals surface area contributed by atoms with Gasteiger partial charge < -0.3 is 4.42 Å². The van der Waals surface area contributed by atoms with Crippen molar-refractivity contribution in [3.63, 3.8) is 0 Å². The van der Waals surface area contributed by atoms with E-state index in [4.69, 9.17) is 21.0 Å². The Labute approximate surface area is 299 Å². The minimum atomic E-state index is -0.476. The van der Waals surface area contributed by atoms with Gasteiger partial charge in [-0.2, -0.15) is 9.97 Å². The quantitative estimate of drug-likeness (QED) is 0.182. The average Bonchev–Trinajstić information content (AvgIpc) is 3.72. The van der Waals surface area contributed by atoms with Gasteiger partial charge in [0.05, 0.1) is 5.41 Å². The highest BCUT2D eigenvalue weighted by Crippen LogP contribution is 2.56. The Morgan fingerprint density at radius 1 is 0.431 bits per heavy atom. The molecule has 1 aliphatic rings. The van der Waals surface area contributed by atoms with Crippen molar-refractivity contribution in [1.29, 1.82) is 0 Å². The van der Waals surface area contributed by atoms with Crippen LogP contribution in [-0.2, 0) is 5.41 Å². The number of benzene rings is 7. The van der Waals surface area contributed by atoms with Crippen LogP contribution in [0.3, 0.4) is 0 Å². The summed E-state index contributed by atoms with van der Waals surface area (Å²) in [5.74, 6) is 1.02. The highest BCUT2D eigenvalue weighted by atomic mass is 35.5. The Morgan fingerprint density at radius 3 is 1.71 bits per heavy atom. The Morgan fingerprint density at radius 2 is 1.00 bits per heavy atom. The predicted molar refractivity (Wildman–Crippen MR) is 206 cm³/mol. The molecular weight excluding hydrogens is 646 g/mol. The summed E-state index contributed by atoms with van der Waals surface area (Å²) in [4.78, 5) is 14.1. The fourth-order valence-corrected chi connectivity index (χ4v) is 8.17. The van der Waals surface area contributed by atoms with Crippen molar-refractivity contribution in [3.05, 3.63) is 197 Å². The maximum atomic E-state index is 6.62. The Hall–Kier alpha value is -6.36. The van der Waals surface area contributed by atoms with E-state index in [1.807, 2.05) is 30.3 Å². The van der Waals surface area contributed by atoms with Crippen LogP contribution in [0.15, 0.2) is 174 Å². The first-order chi connectivity index (χ1) is 25.2. The van der Waals surface area contributed by atoms with Gasteiger partial charge in [0.25, 0.3) is 0 Å². The topological polar surface area (TPSA) is 51.8 Å². The van der Waals surface area contributed by atoms with Crippen LogP contribution in [0.5, 0.6) is 0 Å². The normalized spacial score (nSPS) is 13.0. The van der Waals surface area contributed by atoms with E-state index in [-0.39, 0.29) is 5.28 Å². The van der Waals surface area contributed by atoms with Gasteiger partial charge >= 0.3 is 0 Å². The molecule has 9 aromatic rings. The molecule has 0 unspecified atom stereocenters. The van der Waals surface area contributed by atoms with Gasteiger partial charge in [-0.25, -0.2) is 4.98 Å². The fraction of sp³-hybridized carbons (Fsp3) is 0.0217. The Kier molecular flexibility index (Phi) is 6.73. The smallest absolute Gasteiger partial charge is 0.226 e. The third kappa shape index (κ3) is 4.57. The third-order valence-electron chi connectivity index (χ3n) is 10.2. The van der Waals surface area contributed by atoms with Crippen molar-refractivity contribution in [2.75, 3.05) is 0 Å². The molecule has 0 amide bonds. The summed E-state index contributed by atoms with van der Waals surface area (Å²) in [6.07, 6.45) is 0. The van der Waals surface area contributed by atoms with Crippen molar-refractivity contribution >= 4 is 33.5 Å². The molecule has 0 saturated carbocycles. The molecule has 7 aromatic carbocycles. The van der Waals surface area contributed by atoms with E-state index in [1.165, 1.54) is 33.4 Å². The summed E-state index contributed by atoms with van der Waals surface area (Å²) in [5.41, 5.74) is 12.5. The van der Waals surface area contributed by atoms with Crippen LogP contribution in [0, 0.1) is 0 Å². The monoisotopic (exact) mass is 673 g/mol. The molecule has 1 aliphatic carbocycles. The molecule has 0 fully saturated rings. The predicted octanol–water partition coefficient (Wildman–Crippen LogP) is 11.8. The zero-order chi connectivity index (χ0) is 33.9. The van der Waals surface area contributed by atoms with Gasteiger partial charge in [0.1, 0.15) is 11.2 Å².